The van der Waals surface area contributed by atoms with Crippen molar-refractivity contribution >= 4 is 31.7 Å². The van der Waals surface area contributed by atoms with Crippen LogP contribution in [-0.2, 0) is 29.5 Å². The zero-order valence-corrected chi connectivity index (χ0v) is 17.5. The van der Waals surface area contributed by atoms with Crippen LogP contribution in [0.3, 0.4) is 0 Å². The highest BCUT2D eigenvalue weighted by Gasteiger charge is 2.27. The van der Waals surface area contributed by atoms with Crippen molar-refractivity contribution in [2.24, 2.45) is 0 Å². The van der Waals surface area contributed by atoms with E-state index in [9.17, 15) is 26.0 Å². The van der Waals surface area contributed by atoms with E-state index >= 15 is 0 Å². The van der Waals surface area contributed by atoms with Crippen LogP contribution in [0.15, 0.2) is 52.3 Å². The number of ether oxygens (including phenoxy) is 2. The predicted octanol–water partition coefficient (Wildman–Crippen LogP) is 1.43. The molecule has 30 heavy (non-hydrogen) atoms. The zero-order chi connectivity index (χ0) is 21.9. The number of nitrogens with one attached hydrogen (secondary N) is 1. The molecule has 0 aliphatic carbocycles. The fourth-order valence-electron chi connectivity index (χ4n) is 2.82. The van der Waals surface area contributed by atoms with Gasteiger partial charge in [-0.15, -0.1) is 0 Å². The molecule has 162 valence electrons. The third-order valence-electron chi connectivity index (χ3n) is 4.34. The Bertz CT molecular complexity index is 1160. The lowest BCUT2D eigenvalue weighted by Crippen LogP contribution is -2.40. The van der Waals surface area contributed by atoms with Crippen LogP contribution in [0, 0.1) is 5.82 Å². The number of esters is 1. The number of rotatable bonds is 6. The first-order chi connectivity index (χ1) is 14.1. The fourth-order valence-corrected chi connectivity index (χ4v) is 5.43. The summed E-state index contributed by atoms with van der Waals surface area (Å²) in [6, 6.07) is 7.95. The standard InChI is InChI=1S/C18H19FN2O7S2/c1-27-18(22)13-5-6-16(19)17(11-13)29(23,24)20-14-3-2-4-15(12-14)30(25,26)21-7-9-28-10-8-21/h2-6,11-12,20H,7-10H2,1H3. The summed E-state index contributed by atoms with van der Waals surface area (Å²) in [6.07, 6.45) is 0. The minimum Gasteiger partial charge on any atom is -0.465 e. The Hall–Kier alpha value is -2.54. The lowest BCUT2D eigenvalue weighted by Gasteiger charge is -2.26. The number of halogens is 1. The maximum Gasteiger partial charge on any atom is 0.337 e. The minimum absolute atomic E-state index is 0.0767. The molecule has 3 rings (SSSR count). The molecule has 0 bridgehead atoms. The second-order valence-corrected chi connectivity index (χ2v) is 9.88. The number of anilines is 1. The average molecular weight is 458 g/mol. The lowest BCUT2D eigenvalue weighted by atomic mass is 10.2. The fraction of sp³-hybridized carbons (Fsp3) is 0.278. The van der Waals surface area contributed by atoms with Gasteiger partial charge in [0.25, 0.3) is 10.0 Å². The summed E-state index contributed by atoms with van der Waals surface area (Å²) in [5.41, 5.74) is -0.227. The summed E-state index contributed by atoms with van der Waals surface area (Å²) in [6.45, 7) is 0.899. The third kappa shape index (κ3) is 4.61. The van der Waals surface area contributed by atoms with Crippen LogP contribution in [0.1, 0.15) is 10.4 Å². The number of hydrogen-bond acceptors (Lipinski definition) is 7. The van der Waals surface area contributed by atoms with Crippen molar-refractivity contribution in [3.05, 3.63) is 53.8 Å². The van der Waals surface area contributed by atoms with Crippen molar-refractivity contribution in [2.75, 3.05) is 38.1 Å². The molecule has 1 N–H and O–H groups in total. The van der Waals surface area contributed by atoms with Gasteiger partial charge in [0, 0.05) is 13.1 Å². The first-order valence-electron chi connectivity index (χ1n) is 8.74. The van der Waals surface area contributed by atoms with E-state index in [1.54, 1.807) is 0 Å². The molecular formula is C18H19FN2O7S2. The van der Waals surface area contributed by atoms with Crippen LogP contribution in [0.2, 0.25) is 0 Å². The molecule has 1 saturated heterocycles. The first-order valence-corrected chi connectivity index (χ1v) is 11.7. The number of methoxy groups -OCH3 is 1. The SMILES string of the molecule is COC(=O)c1ccc(F)c(S(=O)(=O)Nc2cccc(S(=O)(=O)N3CCOCC3)c2)c1. The smallest absolute Gasteiger partial charge is 0.337 e. The van der Waals surface area contributed by atoms with Gasteiger partial charge in [-0.1, -0.05) is 6.07 Å². The van der Waals surface area contributed by atoms with E-state index < -0.39 is 36.7 Å². The topological polar surface area (TPSA) is 119 Å². The molecule has 2 aromatic rings. The van der Waals surface area contributed by atoms with Crippen LogP contribution in [0.5, 0.6) is 0 Å². The van der Waals surface area contributed by atoms with Crippen LogP contribution in [0.25, 0.3) is 0 Å². The molecule has 0 unspecified atom stereocenters. The van der Waals surface area contributed by atoms with Crippen LogP contribution >= 0.6 is 0 Å². The molecule has 0 amide bonds. The molecule has 0 atom stereocenters. The summed E-state index contributed by atoms with van der Waals surface area (Å²) in [7, 11) is -7.20. The molecular weight excluding hydrogens is 439 g/mol. The van der Waals surface area contributed by atoms with Crippen molar-refractivity contribution in [3.8, 4) is 0 Å². The molecule has 9 nitrogen and oxygen atoms in total. The normalized spacial score (nSPS) is 15.5. The molecule has 0 aromatic heterocycles. The maximum absolute atomic E-state index is 14.2. The molecule has 2 aromatic carbocycles. The van der Waals surface area contributed by atoms with Crippen LogP contribution in [-0.4, -0.2) is 60.5 Å². The number of benzene rings is 2. The van der Waals surface area contributed by atoms with Gasteiger partial charge in [-0.3, -0.25) is 4.72 Å². The van der Waals surface area contributed by atoms with Gasteiger partial charge in [0.05, 0.1) is 36.5 Å². The molecule has 1 heterocycles. The molecule has 0 radical (unpaired) electrons. The number of carbonyl (C=O) groups is 1. The Morgan fingerprint density at radius 2 is 1.80 bits per heavy atom. The van der Waals surface area contributed by atoms with Crippen LogP contribution in [0.4, 0.5) is 10.1 Å². The highest BCUT2D eigenvalue weighted by atomic mass is 32.2. The van der Waals surface area contributed by atoms with Crippen molar-refractivity contribution in [1.82, 2.24) is 4.31 Å². The van der Waals surface area contributed by atoms with E-state index in [-0.39, 0.29) is 42.4 Å². The molecule has 12 heteroatoms. The first kappa shape index (κ1) is 22.2. The van der Waals surface area contributed by atoms with Gasteiger partial charge >= 0.3 is 5.97 Å². The van der Waals surface area contributed by atoms with Crippen molar-refractivity contribution < 1.29 is 35.5 Å². The predicted molar refractivity (Wildman–Crippen MR) is 105 cm³/mol. The van der Waals surface area contributed by atoms with Gasteiger partial charge in [-0.25, -0.2) is 26.0 Å². The molecule has 0 spiro atoms. The summed E-state index contributed by atoms with van der Waals surface area (Å²) in [5, 5.41) is 0. The van der Waals surface area contributed by atoms with Gasteiger partial charge in [-0.2, -0.15) is 4.31 Å². The Morgan fingerprint density at radius 1 is 1.10 bits per heavy atom. The lowest BCUT2D eigenvalue weighted by molar-refractivity contribution is 0.0600. The Balaban J connectivity index is 1.91. The molecule has 1 fully saturated rings. The zero-order valence-electron chi connectivity index (χ0n) is 15.9. The highest BCUT2D eigenvalue weighted by Crippen LogP contribution is 2.24. The summed E-state index contributed by atoms with van der Waals surface area (Å²) >= 11 is 0. The van der Waals surface area contributed by atoms with E-state index in [0.717, 1.165) is 31.4 Å². The van der Waals surface area contributed by atoms with E-state index in [4.69, 9.17) is 4.74 Å². The van der Waals surface area contributed by atoms with Gasteiger partial charge in [0.1, 0.15) is 10.7 Å². The van der Waals surface area contributed by atoms with Crippen molar-refractivity contribution in [1.29, 1.82) is 0 Å². The maximum atomic E-state index is 14.2. The second kappa shape index (κ2) is 8.68. The number of morpholine rings is 1. The Kier molecular flexibility index (Phi) is 6.41. The van der Waals surface area contributed by atoms with Crippen molar-refractivity contribution in [3.63, 3.8) is 0 Å². The third-order valence-corrected chi connectivity index (χ3v) is 7.63. The minimum atomic E-state index is -4.46. The number of hydrogen-bond donors (Lipinski definition) is 1. The monoisotopic (exact) mass is 458 g/mol. The highest BCUT2D eigenvalue weighted by molar-refractivity contribution is 7.92. The number of carbonyl (C=O) groups excluding carboxylic acids is 1. The molecule has 0 saturated carbocycles. The van der Waals surface area contributed by atoms with E-state index in [2.05, 4.69) is 9.46 Å². The summed E-state index contributed by atoms with van der Waals surface area (Å²) < 4.78 is 78.1. The number of sulfonamides is 2. The molecule has 1 aliphatic heterocycles. The van der Waals surface area contributed by atoms with E-state index in [0.29, 0.717) is 0 Å². The van der Waals surface area contributed by atoms with Crippen LogP contribution < -0.4 is 4.72 Å². The average Bonchev–Trinajstić information content (AvgIpc) is 2.74. The largest absolute Gasteiger partial charge is 0.465 e. The van der Waals surface area contributed by atoms with Gasteiger partial charge in [-0.05, 0) is 36.4 Å². The van der Waals surface area contributed by atoms with E-state index in [1.807, 2.05) is 0 Å². The number of nitrogens with zero attached hydrogens (tertiary/aromatic N) is 1. The van der Waals surface area contributed by atoms with Gasteiger partial charge in [0.2, 0.25) is 10.0 Å². The second-order valence-electron chi connectivity index (χ2n) is 6.29. The molecule has 1 aliphatic rings. The van der Waals surface area contributed by atoms with Gasteiger partial charge < -0.3 is 9.47 Å². The van der Waals surface area contributed by atoms with E-state index in [1.165, 1.54) is 22.5 Å². The van der Waals surface area contributed by atoms with Gasteiger partial charge in [0.15, 0.2) is 0 Å². The van der Waals surface area contributed by atoms with Crippen molar-refractivity contribution in [2.45, 2.75) is 9.79 Å². The summed E-state index contributed by atoms with van der Waals surface area (Å²) in [4.78, 5) is 10.7. The quantitative estimate of drug-likeness (QED) is 0.651. The summed E-state index contributed by atoms with van der Waals surface area (Å²) in [5.74, 6) is -1.91. The Morgan fingerprint density at radius 3 is 2.47 bits per heavy atom. The Labute approximate surface area is 173 Å².